The van der Waals surface area contributed by atoms with Crippen LogP contribution in [0.3, 0.4) is 0 Å². The Morgan fingerprint density at radius 2 is 1.80 bits per heavy atom. The van der Waals surface area contributed by atoms with Gasteiger partial charge in [-0.15, -0.1) is 0 Å². The van der Waals surface area contributed by atoms with Gasteiger partial charge in [0.1, 0.15) is 0 Å². The lowest BCUT2D eigenvalue weighted by Gasteiger charge is -2.41. The first-order chi connectivity index (χ1) is 11.7. The van der Waals surface area contributed by atoms with Crippen molar-refractivity contribution in [1.29, 1.82) is 0 Å². The molecule has 0 amide bonds. The summed E-state index contributed by atoms with van der Waals surface area (Å²) in [5.74, 6) is 0.108. The van der Waals surface area contributed by atoms with Crippen LogP contribution in [0.25, 0.3) is 0 Å². The van der Waals surface area contributed by atoms with E-state index in [-0.39, 0.29) is 16.9 Å². The van der Waals surface area contributed by atoms with Gasteiger partial charge in [-0.25, -0.2) is 4.68 Å². The van der Waals surface area contributed by atoms with Gasteiger partial charge in [0.05, 0.1) is 25.5 Å². The maximum absolute atomic E-state index is 12.5. The van der Waals surface area contributed by atoms with Crippen molar-refractivity contribution in [2.45, 2.75) is 32.7 Å². The summed E-state index contributed by atoms with van der Waals surface area (Å²) in [6.45, 7) is 9.11. The molecule has 0 spiro atoms. The second-order valence-electron chi connectivity index (χ2n) is 7.69. The zero-order chi connectivity index (χ0) is 18.2. The van der Waals surface area contributed by atoms with Crippen LogP contribution in [-0.2, 0) is 26.9 Å². The average Bonchev–Trinajstić information content (AvgIpc) is 2.51. The largest absolute Gasteiger partial charge is 0.379 e. The maximum atomic E-state index is 12.5. The molecule has 0 bridgehead atoms. The van der Waals surface area contributed by atoms with E-state index in [2.05, 4.69) is 5.10 Å². The molecule has 2 fully saturated rings. The van der Waals surface area contributed by atoms with Gasteiger partial charge < -0.3 is 4.74 Å². The van der Waals surface area contributed by atoms with E-state index in [0.29, 0.717) is 45.9 Å². The average molecular weight is 370 g/mol. The van der Waals surface area contributed by atoms with Gasteiger partial charge >= 0.3 is 0 Å². The van der Waals surface area contributed by atoms with E-state index in [0.717, 1.165) is 5.69 Å². The number of nitrogens with zero attached hydrogens (tertiary/aromatic N) is 4. The summed E-state index contributed by atoms with van der Waals surface area (Å²) < 4.78 is 34.7. The van der Waals surface area contributed by atoms with Crippen molar-refractivity contribution in [3.05, 3.63) is 28.2 Å². The first-order valence-electron chi connectivity index (χ1n) is 8.59. The summed E-state index contributed by atoms with van der Waals surface area (Å²) in [6, 6.07) is 3.29. The number of hydrogen-bond acceptors (Lipinski definition) is 5. The fourth-order valence-electron chi connectivity index (χ4n) is 2.99. The molecule has 8 nitrogen and oxygen atoms in total. The lowest BCUT2D eigenvalue weighted by atomic mass is 9.92. The third kappa shape index (κ3) is 3.94. The molecule has 0 aliphatic carbocycles. The summed E-state index contributed by atoms with van der Waals surface area (Å²) in [5, 5.41) is 4.45. The van der Waals surface area contributed by atoms with Crippen LogP contribution in [0.2, 0.25) is 0 Å². The van der Waals surface area contributed by atoms with Crippen molar-refractivity contribution in [1.82, 2.24) is 18.4 Å². The molecule has 1 aromatic heterocycles. The third-order valence-electron chi connectivity index (χ3n) is 4.61. The van der Waals surface area contributed by atoms with E-state index in [1.807, 2.05) is 20.8 Å². The van der Waals surface area contributed by atoms with Crippen LogP contribution in [0.4, 0.5) is 0 Å². The highest BCUT2D eigenvalue weighted by molar-refractivity contribution is 7.86. The molecule has 0 saturated carbocycles. The van der Waals surface area contributed by atoms with Gasteiger partial charge in [0.2, 0.25) is 0 Å². The molecule has 9 heteroatoms. The molecule has 2 saturated heterocycles. The Morgan fingerprint density at radius 1 is 1.16 bits per heavy atom. The van der Waals surface area contributed by atoms with Crippen molar-refractivity contribution in [3.8, 4) is 0 Å². The molecule has 0 atom stereocenters. The topological polar surface area (TPSA) is 84.7 Å². The molecule has 3 heterocycles. The first-order valence-corrected chi connectivity index (χ1v) is 9.99. The van der Waals surface area contributed by atoms with Gasteiger partial charge in [0.15, 0.2) is 0 Å². The summed E-state index contributed by atoms with van der Waals surface area (Å²) in [5.41, 5.74) is 0.563. The van der Waals surface area contributed by atoms with E-state index in [1.165, 1.54) is 19.4 Å². The van der Waals surface area contributed by atoms with Gasteiger partial charge in [0, 0.05) is 43.6 Å². The normalized spacial score (nSPS) is 21.2. The van der Waals surface area contributed by atoms with E-state index in [4.69, 9.17) is 4.74 Å². The lowest BCUT2D eigenvalue weighted by Crippen LogP contribution is -2.58. The van der Waals surface area contributed by atoms with E-state index in [1.54, 1.807) is 6.07 Å². The SMILES string of the molecule is CC(C)(C)c1ccc(=O)n(CC2CN(S(=O)(=O)N3CCOCC3)C2)n1. The minimum absolute atomic E-state index is 0.108. The molecule has 0 unspecified atom stereocenters. The minimum atomic E-state index is -3.41. The van der Waals surface area contributed by atoms with Crippen molar-refractivity contribution >= 4 is 10.2 Å². The van der Waals surface area contributed by atoms with Crippen molar-refractivity contribution < 1.29 is 13.2 Å². The van der Waals surface area contributed by atoms with Crippen molar-refractivity contribution in [2.24, 2.45) is 5.92 Å². The highest BCUT2D eigenvalue weighted by Gasteiger charge is 2.40. The van der Waals surface area contributed by atoms with E-state index >= 15 is 0 Å². The van der Waals surface area contributed by atoms with Crippen LogP contribution < -0.4 is 5.56 Å². The van der Waals surface area contributed by atoms with Crippen LogP contribution in [0.15, 0.2) is 16.9 Å². The first kappa shape index (κ1) is 18.5. The van der Waals surface area contributed by atoms with Gasteiger partial charge in [-0.05, 0) is 6.07 Å². The fraction of sp³-hybridized carbons (Fsp3) is 0.750. The number of morpholine rings is 1. The van der Waals surface area contributed by atoms with Gasteiger partial charge in [-0.2, -0.15) is 22.1 Å². The number of rotatable bonds is 4. The smallest absolute Gasteiger partial charge is 0.282 e. The summed E-state index contributed by atoms with van der Waals surface area (Å²) >= 11 is 0. The molecule has 140 valence electrons. The van der Waals surface area contributed by atoms with Crippen LogP contribution in [0.1, 0.15) is 26.5 Å². The third-order valence-corrected chi connectivity index (χ3v) is 6.58. The summed E-state index contributed by atoms with van der Waals surface area (Å²) in [4.78, 5) is 12.0. The van der Waals surface area contributed by atoms with Crippen LogP contribution >= 0.6 is 0 Å². The quantitative estimate of drug-likeness (QED) is 0.748. The molecular weight excluding hydrogens is 344 g/mol. The standard InChI is InChI=1S/C16H26N4O4S/c1-16(2,3)14-4-5-15(21)20(17-14)12-13-10-19(11-13)25(22,23)18-6-8-24-9-7-18/h4-5,13H,6-12H2,1-3H3. The second kappa shape index (κ2) is 6.79. The number of ether oxygens (including phenoxy) is 1. The van der Waals surface area contributed by atoms with Crippen LogP contribution in [0, 0.1) is 5.92 Å². The molecule has 3 rings (SSSR count). The Balaban J connectivity index is 1.63. The molecule has 1 aromatic rings. The van der Waals surface area contributed by atoms with Crippen molar-refractivity contribution in [2.75, 3.05) is 39.4 Å². The van der Waals surface area contributed by atoms with Gasteiger partial charge in [0.25, 0.3) is 15.8 Å². The zero-order valence-electron chi connectivity index (χ0n) is 15.0. The molecule has 2 aliphatic rings. The fourth-order valence-corrected chi connectivity index (χ4v) is 4.73. The predicted octanol–water partition coefficient (Wildman–Crippen LogP) is 0.0496. The zero-order valence-corrected chi connectivity index (χ0v) is 15.8. The highest BCUT2D eigenvalue weighted by atomic mass is 32.2. The Labute approximate surface area is 148 Å². The Bertz CT molecular complexity index is 772. The molecule has 0 N–H and O–H groups in total. The summed E-state index contributed by atoms with van der Waals surface area (Å²) in [7, 11) is -3.41. The monoisotopic (exact) mass is 370 g/mol. The Morgan fingerprint density at radius 3 is 2.40 bits per heavy atom. The van der Waals surface area contributed by atoms with Crippen LogP contribution in [-0.4, -0.2) is 66.2 Å². The maximum Gasteiger partial charge on any atom is 0.282 e. The Kier molecular flexibility index (Phi) is 5.02. The number of aromatic nitrogens is 2. The second-order valence-corrected chi connectivity index (χ2v) is 9.62. The van der Waals surface area contributed by atoms with Crippen LogP contribution in [0.5, 0.6) is 0 Å². The predicted molar refractivity (Wildman–Crippen MR) is 93.6 cm³/mol. The highest BCUT2D eigenvalue weighted by Crippen LogP contribution is 2.24. The van der Waals surface area contributed by atoms with E-state index < -0.39 is 10.2 Å². The number of hydrogen-bond donors (Lipinski definition) is 0. The van der Waals surface area contributed by atoms with Gasteiger partial charge in [-0.3, -0.25) is 4.79 Å². The molecule has 25 heavy (non-hydrogen) atoms. The molecule has 0 radical (unpaired) electrons. The van der Waals surface area contributed by atoms with E-state index in [9.17, 15) is 13.2 Å². The molecule has 0 aromatic carbocycles. The van der Waals surface area contributed by atoms with Crippen molar-refractivity contribution in [3.63, 3.8) is 0 Å². The molecular formula is C16H26N4O4S. The molecule has 2 aliphatic heterocycles. The lowest BCUT2D eigenvalue weighted by molar-refractivity contribution is 0.0654. The minimum Gasteiger partial charge on any atom is -0.379 e. The van der Waals surface area contributed by atoms with Gasteiger partial charge in [-0.1, -0.05) is 20.8 Å². The Hall–Kier alpha value is -1.29. The summed E-state index contributed by atoms with van der Waals surface area (Å²) in [6.07, 6.45) is 0.